The summed E-state index contributed by atoms with van der Waals surface area (Å²) in [6, 6.07) is 6.33. The van der Waals surface area contributed by atoms with Crippen molar-refractivity contribution in [1.82, 2.24) is 4.90 Å². The van der Waals surface area contributed by atoms with E-state index in [9.17, 15) is 9.18 Å². The fourth-order valence-electron chi connectivity index (χ4n) is 3.62. The molecule has 0 unspecified atom stereocenters. The SMILES string of the molecule is CN(CCc1c2c(cc3c1OCC3)OCC2)C(=O)c1c(F)cccc1Cl. The second-order valence-electron chi connectivity index (χ2n) is 6.59. The first-order valence-corrected chi connectivity index (χ1v) is 9.06. The third kappa shape index (κ3) is 2.90. The molecule has 0 aliphatic carbocycles. The summed E-state index contributed by atoms with van der Waals surface area (Å²) >= 11 is 6.02. The van der Waals surface area contributed by atoms with Crippen LogP contribution < -0.4 is 9.47 Å². The molecule has 0 fully saturated rings. The van der Waals surface area contributed by atoms with Gasteiger partial charge in [-0.25, -0.2) is 4.39 Å². The minimum atomic E-state index is -0.604. The summed E-state index contributed by atoms with van der Waals surface area (Å²) in [5, 5.41) is 0.125. The van der Waals surface area contributed by atoms with E-state index in [1.807, 2.05) is 0 Å². The van der Waals surface area contributed by atoms with E-state index in [-0.39, 0.29) is 10.6 Å². The van der Waals surface area contributed by atoms with Crippen LogP contribution in [0.25, 0.3) is 0 Å². The van der Waals surface area contributed by atoms with Gasteiger partial charge < -0.3 is 14.4 Å². The summed E-state index contributed by atoms with van der Waals surface area (Å²) in [7, 11) is 1.66. The van der Waals surface area contributed by atoms with E-state index in [1.54, 1.807) is 7.05 Å². The van der Waals surface area contributed by atoms with Crippen molar-refractivity contribution in [3.05, 3.63) is 57.4 Å². The lowest BCUT2D eigenvalue weighted by Gasteiger charge is -2.20. The number of benzene rings is 2. The van der Waals surface area contributed by atoms with Gasteiger partial charge in [0.2, 0.25) is 0 Å². The molecule has 6 heteroatoms. The van der Waals surface area contributed by atoms with Crippen molar-refractivity contribution < 1.29 is 18.7 Å². The topological polar surface area (TPSA) is 38.8 Å². The molecule has 0 N–H and O–H groups in total. The van der Waals surface area contributed by atoms with Gasteiger partial charge in [-0.05, 0) is 24.6 Å². The van der Waals surface area contributed by atoms with Gasteiger partial charge in [0.05, 0.1) is 23.8 Å². The van der Waals surface area contributed by atoms with Crippen molar-refractivity contribution in [3.8, 4) is 11.5 Å². The first kappa shape index (κ1) is 17.2. The molecule has 0 atom stereocenters. The maximum atomic E-state index is 14.0. The summed E-state index contributed by atoms with van der Waals surface area (Å²) in [6.07, 6.45) is 2.35. The number of likely N-dealkylation sites (N-methyl/N-ethyl adjacent to an activating group) is 1. The van der Waals surface area contributed by atoms with Crippen molar-refractivity contribution in [2.75, 3.05) is 26.8 Å². The third-order valence-electron chi connectivity index (χ3n) is 4.98. The number of carbonyl (C=O) groups is 1. The number of halogens is 2. The maximum Gasteiger partial charge on any atom is 0.258 e. The quantitative estimate of drug-likeness (QED) is 0.818. The second-order valence-corrected chi connectivity index (χ2v) is 7.00. The number of hydrogen-bond acceptors (Lipinski definition) is 3. The van der Waals surface area contributed by atoms with Crippen molar-refractivity contribution in [3.63, 3.8) is 0 Å². The predicted molar refractivity (Wildman–Crippen MR) is 96.9 cm³/mol. The van der Waals surface area contributed by atoms with E-state index < -0.39 is 11.7 Å². The van der Waals surface area contributed by atoms with E-state index in [0.717, 1.165) is 41.0 Å². The Balaban J connectivity index is 1.56. The Labute approximate surface area is 156 Å². The molecule has 0 saturated carbocycles. The summed E-state index contributed by atoms with van der Waals surface area (Å²) < 4.78 is 25.6. The van der Waals surface area contributed by atoms with Crippen molar-refractivity contribution >= 4 is 17.5 Å². The lowest BCUT2D eigenvalue weighted by Crippen LogP contribution is -2.30. The molecule has 4 rings (SSSR count). The van der Waals surface area contributed by atoms with Gasteiger partial charge in [0.15, 0.2) is 0 Å². The summed E-state index contributed by atoms with van der Waals surface area (Å²) in [4.78, 5) is 14.1. The van der Waals surface area contributed by atoms with Crippen LogP contribution in [0.15, 0.2) is 24.3 Å². The average molecular weight is 376 g/mol. The van der Waals surface area contributed by atoms with Gasteiger partial charge in [-0.2, -0.15) is 0 Å². The molecule has 2 aliphatic rings. The minimum Gasteiger partial charge on any atom is -0.493 e. The molecule has 0 bridgehead atoms. The Morgan fingerprint density at radius 1 is 1.27 bits per heavy atom. The molecule has 4 nitrogen and oxygen atoms in total. The van der Waals surface area contributed by atoms with E-state index >= 15 is 0 Å². The lowest BCUT2D eigenvalue weighted by atomic mass is 9.97. The molecule has 0 spiro atoms. The largest absolute Gasteiger partial charge is 0.493 e. The number of fused-ring (bicyclic) bond motifs is 2. The molecule has 2 aromatic carbocycles. The summed E-state index contributed by atoms with van der Waals surface area (Å²) in [5.74, 6) is 0.830. The van der Waals surface area contributed by atoms with Gasteiger partial charge in [-0.15, -0.1) is 0 Å². The zero-order valence-electron chi connectivity index (χ0n) is 14.5. The fourth-order valence-corrected chi connectivity index (χ4v) is 3.87. The van der Waals surface area contributed by atoms with Crippen LogP contribution in [0.5, 0.6) is 11.5 Å². The Hall–Kier alpha value is -2.27. The molecule has 0 saturated heterocycles. The molecule has 2 aliphatic heterocycles. The van der Waals surface area contributed by atoms with Crippen LogP contribution in [0.1, 0.15) is 27.0 Å². The highest BCUT2D eigenvalue weighted by molar-refractivity contribution is 6.33. The zero-order chi connectivity index (χ0) is 18.3. The van der Waals surface area contributed by atoms with E-state index in [1.165, 1.54) is 23.1 Å². The molecule has 2 heterocycles. The molecule has 26 heavy (non-hydrogen) atoms. The number of hydrogen-bond donors (Lipinski definition) is 0. The van der Waals surface area contributed by atoms with Crippen LogP contribution in [-0.2, 0) is 19.3 Å². The number of rotatable bonds is 4. The van der Waals surface area contributed by atoms with Gasteiger partial charge in [-0.3, -0.25) is 4.79 Å². The summed E-state index contributed by atoms with van der Waals surface area (Å²) in [6.45, 7) is 1.78. The Morgan fingerprint density at radius 3 is 2.88 bits per heavy atom. The van der Waals surface area contributed by atoms with Crippen molar-refractivity contribution in [2.24, 2.45) is 0 Å². The fraction of sp³-hybridized carbons (Fsp3) is 0.350. The molecule has 0 radical (unpaired) electrons. The van der Waals surface area contributed by atoms with Crippen LogP contribution >= 0.6 is 11.6 Å². The van der Waals surface area contributed by atoms with E-state index in [4.69, 9.17) is 21.1 Å². The van der Waals surface area contributed by atoms with Crippen LogP contribution in [0.2, 0.25) is 5.02 Å². The molecular weight excluding hydrogens is 357 g/mol. The highest BCUT2D eigenvalue weighted by Gasteiger charge is 2.27. The third-order valence-corrected chi connectivity index (χ3v) is 5.30. The molecule has 2 aromatic rings. The van der Waals surface area contributed by atoms with Crippen molar-refractivity contribution in [2.45, 2.75) is 19.3 Å². The van der Waals surface area contributed by atoms with Crippen LogP contribution in [0.4, 0.5) is 4.39 Å². The predicted octanol–water partition coefficient (Wildman–Crippen LogP) is 3.66. The lowest BCUT2D eigenvalue weighted by molar-refractivity contribution is 0.0792. The molecule has 136 valence electrons. The summed E-state index contributed by atoms with van der Waals surface area (Å²) in [5.41, 5.74) is 3.34. The standard InChI is InChI=1S/C20H19ClFNO3/c1-23(20(24)18-15(21)3-2-4-16(18)22)8-5-14-13-7-10-25-17(13)11-12-6-9-26-19(12)14/h2-4,11H,5-10H2,1H3. The highest BCUT2D eigenvalue weighted by Crippen LogP contribution is 2.40. The zero-order valence-corrected chi connectivity index (χ0v) is 15.2. The first-order chi connectivity index (χ1) is 12.6. The van der Waals surface area contributed by atoms with Gasteiger partial charge in [0.1, 0.15) is 17.3 Å². The molecule has 1 amide bonds. The second kappa shape index (κ2) is 6.80. The van der Waals surface area contributed by atoms with E-state index in [2.05, 4.69) is 6.07 Å². The number of carbonyl (C=O) groups excluding carboxylic acids is 1. The molecular formula is C20H19ClFNO3. The average Bonchev–Trinajstić information content (AvgIpc) is 3.26. The Kier molecular flexibility index (Phi) is 4.49. The highest BCUT2D eigenvalue weighted by atomic mass is 35.5. The maximum absolute atomic E-state index is 14.0. The van der Waals surface area contributed by atoms with E-state index in [0.29, 0.717) is 26.2 Å². The van der Waals surface area contributed by atoms with Gasteiger partial charge in [0.25, 0.3) is 5.91 Å². The van der Waals surface area contributed by atoms with Crippen LogP contribution in [0, 0.1) is 5.82 Å². The van der Waals surface area contributed by atoms with Gasteiger partial charge in [-0.1, -0.05) is 17.7 Å². The molecule has 0 aromatic heterocycles. The van der Waals surface area contributed by atoms with Crippen LogP contribution in [-0.4, -0.2) is 37.6 Å². The number of amides is 1. The van der Waals surface area contributed by atoms with Gasteiger partial charge in [0, 0.05) is 43.1 Å². The Morgan fingerprint density at radius 2 is 2.08 bits per heavy atom. The van der Waals surface area contributed by atoms with Crippen molar-refractivity contribution in [1.29, 1.82) is 0 Å². The number of nitrogens with zero attached hydrogens (tertiary/aromatic N) is 1. The van der Waals surface area contributed by atoms with Crippen LogP contribution in [0.3, 0.4) is 0 Å². The van der Waals surface area contributed by atoms with Gasteiger partial charge >= 0.3 is 0 Å². The Bertz CT molecular complexity index is 831. The normalized spacial score (nSPS) is 14.4. The smallest absolute Gasteiger partial charge is 0.258 e. The monoisotopic (exact) mass is 375 g/mol. The first-order valence-electron chi connectivity index (χ1n) is 8.69. The minimum absolute atomic E-state index is 0.0835. The number of ether oxygens (including phenoxy) is 2.